The molecule has 0 atom stereocenters. The van der Waals surface area contributed by atoms with Crippen molar-refractivity contribution in [2.75, 3.05) is 32.6 Å². The van der Waals surface area contributed by atoms with Gasteiger partial charge >= 0.3 is 0 Å². The number of amides is 1. The second-order valence-corrected chi connectivity index (χ2v) is 7.42. The van der Waals surface area contributed by atoms with Gasteiger partial charge in [0.1, 0.15) is 5.56 Å². The lowest BCUT2D eigenvalue weighted by Crippen LogP contribution is -2.44. The molecule has 1 saturated carbocycles. The van der Waals surface area contributed by atoms with Crippen LogP contribution < -0.4 is 15.0 Å². The Morgan fingerprint density at radius 1 is 1.36 bits per heavy atom. The fraction of sp³-hybridized carbons (Fsp3) is 0.500. The van der Waals surface area contributed by atoms with E-state index >= 15 is 0 Å². The first kappa shape index (κ1) is 20.1. The van der Waals surface area contributed by atoms with Crippen LogP contribution in [0.3, 0.4) is 0 Å². The predicted molar refractivity (Wildman–Crippen MR) is 103 cm³/mol. The minimum Gasteiger partial charge on any atom is -0.494 e. The normalized spacial score (nSPS) is 15.9. The van der Waals surface area contributed by atoms with Gasteiger partial charge in [-0.05, 0) is 31.0 Å². The molecule has 1 amide bonds. The highest BCUT2D eigenvalue weighted by atomic mass is 19.1. The summed E-state index contributed by atoms with van der Waals surface area (Å²) in [7, 11) is 4.86. The fourth-order valence-corrected chi connectivity index (χ4v) is 3.51. The van der Waals surface area contributed by atoms with Gasteiger partial charge in [-0.3, -0.25) is 4.79 Å². The minimum absolute atomic E-state index is 0.0446. The van der Waals surface area contributed by atoms with E-state index in [1.165, 1.54) is 25.3 Å². The van der Waals surface area contributed by atoms with Crippen molar-refractivity contribution in [2.24, 2.45) is 0 Å². The third-order valence-electron chi connectivity index (χ3n) is 5.10. The largest absolute Gasteiger partial charge is 0.494 e. The van der Waals surface area contributed by atoms with Crippen molar-refractivity contribution in [1.82, 2.24) is 10.5 Å². The average Bonchev–Trinajstić information content (AvgIpc) is 3.13. The van der Waals surface area contributed by atoms with Gasteiger partial charge in [0.2, 0.25) is 0 Å². The number of aromatic nitrogens is 1. The molecule has 1 fully saturated rings. The zero-order valence-electron chi connectivity index (χ0n) is 16.4. The van der Waals surface area contributed by atoms with Crippen LogP contribution in [-0.4, -0.2) is 49.5 Å². The summed E-state index contributed by atoms with van der Waals surface area (Å²) < 4.78 is 24.2. The summed E-state index contributed by atoms with van der Waals surface area (Å²) in [6.07, 6.45) is 4.33. The first-order valence-electron chi connectivity index (χ1n) is 9.36. The van der Waals surface area contributed by atoms with Crippen molar-refractivity contribution in [3.05, 3.63) is 29.6 Å². The standard InChI is InChI=1S/C20H26FN3O4/c1-24(2)18-16(19(25)22-12-20(26)9-5-4-6-10-20)17(28-23-18)13-7-8-14(21)15(11-13)27-3/h7-8,11,26H,4-6,9-10,12H2,1-3H3,(H,22,25). The molecule has 1 heterocycles. The second kappa shape index (κ2) is 8.18. The zero-order valence-corrected chi connectivity index (χ0v) is 16.4. The lowest BCUT2D eigenvalue weighted by atomic mass is 9.85. The number of methoxy groups -OCH3 is 1. The van der Waals surface area contributed by atoms with Crippen LogP contribution in [0.4, 0.5) is 10.2 Å². The van der Waals surface area contributed by atoms with Crippen LogP contribution in [0.2, 0.25) is 0 Å². The van der Waals surface area contributed by atoms with Crippen LogP contribution in [0.1, 0.15) is 42.5 Å². The van der Waals surface area contributed by atoms with E-state index in [0.29, 0.717) is 24.2 Å². The Hall–Kier alpha value is -2.61. The molecular weight excluding hydrogens is 365 g/mol. The van der Waals surface area contributed by atoms with Gasteiger partial charge in [0.05, 0.1) is 12.7 Å². The summed E-state index contributed by atoms with van der Waals surface area (Å²) in [6.45, 7) is 0.163. The highest BCUT2D eigenvalue weighted by Crippen LogP contribution is 2.34. The van der Waals surface area contributed by atoms with E-state index in [-0.39, 0.29) is 23.6 Å². The molecule has 0 radical (unpaired) electrons. The smallest absolute Gasteiger partial charge is 0.259 e. The molecule has 7 nitrogen and oxygen atoms in total. The van der Waals surface area contributed by atoms with E-state index in [9.17, 15) is 14.3 Å². The summed E-state index contributed by atoms with van der Waals surface area (Å²) in [6, 6.07) is 4.21. The molecule has 1 aliphatic rings. The number of anilines is 1. The zero-order chi connectivity index (χ0) is 20.3. The number of nitrogens with zero attached hydrogens (tertiary/aromatic N) is 2. The maximum atomic E-state index is 13.8. The van der Waals surface area contributed by atoms with Gasteiger partial charge in [0, 0.05) is 26.2 Å². The van der Waals surface area contributed by atoms with Crippen LogP contribution in [-0.2, 0) is 0 Å². The van der Waals surface area contributed by atoms with E-state index in [0.717, 1.165) is 19.3 Å². The minimum atomic E-state index is -0.886. The van der Waals surface area contributed by atoms with Crippen molar-refractivity contribution in [1.29, 1.82) is 0 Å². The molecule has 0 aliphatic heterocycles. The number of hydrogen-bond donors (Lipinski definition) is 2. The summed E-state index contributed by atoms with van der Waals surface area (Å²) in [5.74, 6) is -0.295. The van der Waals surface area contributed by atoms with Crippen molar-refractivity contribution in [3.63, 3.8) is 0 Å². The van der Waals surface area contributed by atoms with Gasteiger partial charge in [0.15, 0.2) is 23.1 Å². The third-order valence-corrected chi connectivity index (χ3v) is 5.10. The first-order valence-corrected chi connectivity index (χ1v) is 9.36. The lowest BCUT2D eigenvalue weighted by molar-refractivity contribution is 0.00526. The van der Waals surface area contributed by atoms with Crippen molar-refractivity contribution in [2.45, 2.75) is 37.7 Å². The van der Waals surface area contributed by atoms with Crippen LogP contribution >= 0.6 is 0 Å². The molecule has 8 heteroatoms. The molecule has 2 aromatic rings. The number of nitrogens with one attached hydrogen (secondary N) is 1. The molecule has 28 heavy (non-hydrogen) atoms. The Balaban J connectivity index is 1.90. The number of rotatable bonds is 6. The molecule has 1 aliphatic carbocycles. The Kier molecular flexibility index (Phi) is 5.88. The Morgan fingerprint density at radius 2 is 2.07 bits per heavy atom. The molecule has 0 saturated heterocycles. The maximum Gasteiger partial charge on any atom is 0.259 e. The number of carbonyl (C=O) groups excluding carboxylic acids is 1. The number of ether oxygens (including phenoxy) is 1. The molecule has 2 N–H and O–H groups in total. The Morgan fingerprint density at radius 3 is 2.71 bits per heavy atom. The highest BCUT2D eigenvalue weighted by molar-refractivity contribution is 6.04. The van der Waals surface area contributed by atoms with Crippen LogP contribution in [0.25, 0.3) is 11.3 Å². The van der Waals surface area contributed by atoms with Crippen molar-refractivity contribution in [3.8, 4) is 17.1 Å². The van der Waals surface area contributed by atoms with Gasteiger partial charge in [-0.15, -0.1) is 0 Å². The number of benzene rings is 1. The van der Waals surface area contributed by atoms with Crippen LogP contribution in [0.15, 0.2) is 22.7 Å². The molecule has 0 spiro atoms. The SMILES string of the molecule is COc1cc(-c2onc(N(C)C)c2C(=O)NCC2(O)CCCCC2)ccc1F. The second-order valence-electron chi connectivity index (χ2n) is 7.42. The molecule has 0 unspecified atom stereocenters. The number of hydrogen-bond acceptors (Lipinski definition) is 6. The monoisotopic (exact) mass is 391 g/mol. The summed E-state index contributed by atoms with van der Waals surface area (Å²) in [5.41, 5.74) is -0.179. The van der Waals surface area contributed by atoms with Crippen molar-refractivity contribution < 1.29 is 23.6 Å². The van der Waals surface area contributed by atoms with E-state index in [1.54, 1.807) is 19.0 Å². The van der Waals surface area contributed by atoms with Crippen LogP contribution in [0, 0.1) is 5.82 Å². The summed E-state index contributed by atoms with van der Waals surface area (Å²) in [4.78, 5) is 14.6. The Bertz CT molecular complexity index is 844. The first-order chi connectivity index (χ1) is 13.3. The van der Waals surface area contributed by atoms with E-state index in [2.05, 4.69) is 10.5 Å². The molecule has 1 aromatic heterocycles. The van der Waals surface area contributed by atoms with E-state index in [1.807, 2.05) is 0 Å². The van der Waals surface area contributed by atoms with Gasteiger partial charge in [0.25, 0.3) is 5.91 Å². The third kappa shape index (κ3) is 4.11. The predicted octanol–water partition coefficient (Wildman–Crippen LogP) is 2.98. The molecule has 1 aromatic carbocycles. The number of carbonyl (C=O) groups is 1. The molecular formula is C20H26FN3O4. The topological polar surface area (TPSA) is 87.8 Å². The quantitative estimate of drug-likeness (QED) is 0.787. The Labute approximate surface area is 163 Å². The van der Waals surface area contributed by atoms with Gasteiger partial charge in [-0.25, -0.2) is 4.39 Å². The number of halogens is 1. The fourth-order valence-electron chi connectivity index (χ4n) is 3.51. The van der Waals surface area contributed by atoms with Crippen LogP contribution in [0.5, 0.6) is 5.75 Å². The van der Waals surface area contributed by atoms with Gasteiger partial charge < -0.3 is 24.6 Å². The summed E-state index contributed by atoms with van der Waals surface area (Å²) in [5, 5.41) is 17.5. The number of aliphatic hydroxyl groups is 1. The van der Waals surface area contributed by atoms with Gasteiger partial charge in [-0.1, -0.05) is 24.4 Å². The molecule has 0 bridgehead atoms. The summed E-state index contributed by atoms with van der Waals surface area (Å²) >= 11 is 0. The van der Waals surface area contributed by atoms with E-state index < -0.39 is 17.3 Å². The molecule has 152 valence electrons. The van der Waals surface area contributed by atoms with Crippen molar-refractivity contribution >= 4 is 11.7 Å². The average molecular weight is 391 g/mol. The van der Waals surface area contributed by atoms with E-state index in [4.69, 9.17) is 9.26 Å². The maximum absolute atomic E-state index is 13.8. The highest BCUT2D eigenvalue weighted by Gasteiger charge is 2.32. The molecule has 3 rings (SSSR count). The lowest BCUT2D eigenvalue weighted by Gasteiger charge is -2.32. The van der Waals surface area contributed by atoms with Gasteiger partial charge in [-0.2, -0.15) is 0 Å².